The van der Waals surface area contributed by atoms with Crippen molar-refractivity contribution in [1.82, 2.24) is 25.0 Å². The van der Waals surface area contributed by atoms with E-state index in [4.69, 9.17) is 4.99 Å². The van der Waals surface area contributed by atoms with Crippen molar-refractivity contribution in [2.45, 2.75) is 70.9 Å². The molecule has 128 valence electrons. The lowest BCUT2D eigenvalue weighted by Crippen LogP contribution is -2.45. The lowest BCUT2D eigenvalue weighted by Gasteiger charge is -2.29. The number of guanidine groups is 1. The molecule has 2 aliphatic rings. The molecular weight excluding hydrogens is 288 g/mol. The van der Waals surface area contributed by atoms with Crippen LogP contribution in [0.15, 0.2) is 11.3 Å². The Morgan fingerprint density at radius 1 is 1.22 bits per heavy atom. The monoisotopic (exact) mass is 318 g/mol. The van der Waals surface area contributed by atoms with Crippen molar-refractivity contribution in [2.24, 2.45) is 4.99 Å². The average Bonchev–Trinajstić information content (AvgIpc) is 3.26. The van der Waals surface area contributed by atoms with Crippen LogP contribution in [0.2, 0.25) is 0 Å². The van der Waals surface area contributed by atoms with Crippen LogP contribution in [0, 0.1) is 0 Å². The summed E-state index contributed by atoms with van der Waals surface area (Å²) < 4.78 is 2.12. The Bertz CT molecular complexity index is 497. The molecule has 0 radical (unpaired) electrons. The van der Waals surface area contributed by atoms with Gasteiger partial charge in [-0.25, -0.2) is 0 Å². The number of hydrogen-bond donors (Lipinski definition) is 1. The first-order valence-electron chi connectivity index (χ1n) is 9.29. The maximum atomic E-state index is 4.91. The van der Waals surface area contributed by atoms with Crippen molar-refractivity contribution in [3.05, 3.63) is 12.2 Å². The molecule has 0 atom stereocenters. The highest BCUT2D eigenvalue weighted by Gasteiger charge is 2.20. The fourth-order valence-corrected chi connectivity index (χ4v) is 3.60. The minimum absolute atomic E-state index is 0.615. The smallest absolute Gasteiger partial charge is 0.194 e. The van der Waals surface area contributed by atoms with E-state index in [1.54, 1.807) is 0 Å². The lowest BCUT2D eigenvalue weighted by molar-refractivity contribution is 0.389. The second kappa shape index (κ2) is 8.31. The van der Waals surface area contributed by atoms with Gasteiger partial charge in [-0.2, -0.15) is 0 Å². The SMILES string of the molecule is CCc1nncn1CCN=C(NC1CCCCC1)N1CCCC1. The summed E-state index contributed by atoms with van der Waals surface area (Å²) in [6.07, 6.45) is 12.0. The zero-order valence-corrected chi connectivity index (χ0v) is 14.4. The molecule has 1 saturated heterocycles. The van der Waals surface area contributed by atoms with Crippen LogP contribution in [0.3, 0.4) is 0 Å². The van der Waals surface area contributed by atoms with Crippen molar-refractivity contribution in [1.29, 1.82) is 0 Å². The first kappa shape index (κ1) is 16.3. The number of rotatable bonds is 5. The minimum atomic E-state index is 0.615. The largest absolute Gasteiger partial charge is 0.354 e. The molecule has 23 heavy (non-hydrogen) atoms. The quantitative estimate of drug-likeness (QED) is 0.668. The van der Waals surface area contributed by atoms with Gasteiger partial charge in [-0.1, -0.05) is 26.2 Å². The number of nitrogens with one attached hydrogen (secondary N) is 1. The van der Waals surface area contributed by atoms with E-state index in [-0.39, 0.29) is 0 Å². The van der Waals surface area contributed by atoms with Crippen molar-refractivity contribution in [3.63, 3.8) is 0 Å². The van der Waals surface area contributed by atoms with E-state index in [0.29, 0.717) is 6.04 Å². The van der Waals surface area contributed by atoms with Gasteiger partial charge in [0.1, 0.15) is 12.2 Å². The molecule has 3 rings (SSSR count). The van der Waals surface area contributed by atoms with Gasteiger partial charge in [-0.3, -0.25) is 4.99 Å². The topological polar surface area (TPSA) is 58.3 Å². The summed E-state index contributed by atoms with van der Waals surface area (Å²) in [6.45, 7) is 6.05. The number of aliphatic imine (C=N–C) groups is 1. The normalized spacial score (nSPS) is 20.2. The van der Waals surface area contributed by atoms with Crippen molar-refractivity contribution < 1.29 is 0 Å². The molecule has 2 heterocycles. The third kappa shape index (κ3) is 4.45. The summed E-state index contributed by atoms with van der Waals surface area (Å²) >= 11 is 0. The molecule has 0 unspecified atom stereocenters. The molecule has 6 nitrogen and oxygen atoms in total. The van der Waals surface area contributed by atoms with Crippen LogP contribution in [0.1, 0.15) is 57.7 Å². The highest BCUT2D eigenvalue weighted by atomic mass is 15.3. The molecule has 0 spiro atoms. The van der Waals surface area contributed by atoms with Gasteiger partial charge in [0, 0.05) is 32.1 Å². The molecule has 1 N–H and O–H groups in total. The maximum absolute atomic E-state index is 4.91. The first-order chi connectivity index (χ1) is 11.4. The Balaban J connectivity index is 1.59. The van der Waals surface area contributed by atoms with Crippen molar-refractivity contribution in [3.8, 4) is 0 Å². The minimum Gasteiger partial charge on any atom is -0.354 e. The number of aryl methyl sites for hydroxylation is 1. The molecule has 1 aliphatic heterocycles. The molecule has 6 heteroatoms. The highest BCUT2D eigenvalue weighted by Crippen LogP contribution is 2.18. The van der Waals surface area contributed by atoms with E-state index >= 15 is 0 Å². The molecule has 1 aromatic heterocycles. The summed E-state index contributed by atoms with van der Waals surface area (Å²) in [5, 5.41) is 11.9. The van der Waals surface area contributed by atoms with E-state index in [2.05, 4.69) is 31.9 Å². The van der Waals surface area contributed by atoms with E-state index in [1.165, 1.54) is 44.9 Å². The molecular formula is C17H30N6. The van der Waals surface area contributed by atoms with Gasteiger partial charge in [-0.15, -0.1) is 10.2 Å². The Morgan fingerprint density at radius 2 is 2.00 bits per heavy atom. The average molecular weight is 318 g/mol. The van der Waals surface area contributed by atoms with Gasteiger partial charge in [0.2, 0.25) is 0 Å². The Morgan fingerprint density at radius 3 is 2.74 bits per heavy atom. The second-order valence-electron chi connectivity index (χ2n) is 6.67. The number of aromatic nitrogens is 3. The van der Waals surface area contributed by atoms with E-state index in [0.717, 1.165) is 44.4 Å². The highest BCUT2D eigenvalue weighted by molar-refractivity contribution is 5.80. The number of hydrogen-bond acceptors (Lipinski definition) is 3. The summed E-state index contributed by atoms with van der Waals surface area (Å²) in [7, 11) is 0. The first-order valence-corrected chi connectivity index (χ1v) is 9.29. The molecule has 2 fully saturated rings. The second-order valence-corrected chi connectivity index (χ2v) is 6.67. The zero-order chi connectivity index (χ0) is 15.9. The van der Waals surface area contributed by atoms with Gasteiger partial charge < -0.3 is 14.8 Å². The van der Waals surface area contributed by atoms with Crippen molar-refractivity contribution >= 4 is 5.96 Å². The number of nitrogens with zero attached hydrogens (tertiary/aromatic N) is 5. The molecule has 0 aromatic carbocycles. The molecule has 0 amide bonds. The van der Waals surface area contributed by atoms with Gasteiger partial charge in [0.15, 0.2) is 5.96 Å². The van der Waals surface area contributed by atoms with Crippen LogP contribution in [0.4, 0.5) is 0 Å². The lowest BCUT2D eigenvalue weighted by atomic mass is 9.96. The molecule has 0 bridgehead atoms. The predicted molar refractivity (Wildman–Crippen MR) is 92.5 cm³/mol. The summed E-state index contributed by atoms with van der Waals surface area (Å²) in [4.78, 5) is 7.34. The fraction of sp³-hybridized carbons (Fsp3) is 0.824. The molecule has 1 aliphatic carbocycles. The van der Waals surface area contributed by atoms with Crippen LogP contribution in [-0.2, 0) is 13.0 Å². The van der Waals surface area contributed by atoms with Crippen LogP contribution in [0.25, 0.3) is 0 Å². The van der Waals surface area contributed by atoms with Gasteiger partial charge in [-0.05, 0) is 25.7 Å². The Kier molecular flexibility index (Phi) is 5.88. The Labute approximate surface area is 139 Å². The fourth-order valence-electron chi connectivity index (χ4n) is 3.60. The zero-order valence-electron chi connectivity index (χ0n) is 14.4. The van der Waals surface area contributed by atoms with Crippen LogP contribution in [0.5, 0.6) is 0 Å². The van der Waals surface area contributed by atoms with Gasteiger partial charge in [0.05, 0.1) is 6.54 Å². The van der Waals surface area contributed by atoms with Crippen LogP contribution in [-0.4, -0.2) is 51.3 Å². The van der Waals surface area contributed by atoms with E-state index < -0.39 is 0 Å². The van der Waals surface area contributed by atoms with Gasteiger partial charge >= 0.3 is 0 Å². The summed E-state index contributed by atoms with van der Waals surface area (Å²) in [6, 6.07) is 0.615. The third-order valence-corrected chi connectivity index (χ3v) is 4.96. The van der Waals surface area contributed by atoms with Gasteiger partial charge in [0.25, 0.3) is 0 Å². The molecule has 1 aromatic rings. The van der Waals surface area contributed by atoms with E-state index in [9.17, 15) is 0 Å². The summed E-state index contributed by atoms with van der Waals surface area (Å²) in [5.41, 5.74) is 0. The predicted octanol–water partition coefficient (Wildman–Crippen LogP) is 2.21. The standard InChI is InChI=1S/C17H30N6/c1-2-16-21-19-14-23(16)13-10-18-17(22-11-6-7-12-22)20-15-8-4-3-5-9-15/h14-15H,2-13H2,1H3,(H,18,20). The maximum Gasteiger partial charge on any atom is 0.194 e. The number of likely N-dealkylation sites (tertiary alicyclic amines) is 1. The van der Waals surface area contributed by atoms with Crippen LogP contribution >= 0.6 is 0 Å². The summed E-state index contributed by atoms with van der Waals surface area (Å²) in [5.74, 6) is 2.17. The molecule has 1 saturated carbocycles. The van der Waals surface area contributed by atoms with Crippen molar-refractivity contribution in [2.75, 3.05) is 19.6 Å². The van der Waals surface area contributed by atoms with Crippen LogP contribution < -0.4 is 5.32 Å². The Hall–Kier alpha value is -1.59. The third-order valence-electron chi connectivity index (χ3n) is 4.96. The van der Waals surface area contributed by atoms with E-state index in [1.807, 2.05) is 6.33 Å².